The molecule has 5 amide bonds. The lowest BCUT2D eigenvalue weighted by atomic mass is 9.82. The molecule has 14 nitrogen and oxygen atoms in total. The van der Waals surface area contributed by atoms with Gasteiger partial charge in [-0.2, -0.15) is 0 Å². The normalized spacial score (nSPS) is 21.6. The second-order valence-corrected chi connectivity index (χ2v) is 14.5. The summed E-state index contributed by atoms with van der Waals surface area (Å²) in [6.07, 6.45) is 10.7. The van der Waals surface area contributed by atoms with Crippen LogP contribution in [0.25, 0.3) is 0 Å². The summed E-state index contributed by atoms with van der Waals surface area (Å²) < 4.78 is 5.91. The minimum absolute atomic E-state index is 0.0118. The Bertz CT molecular complexity index is 1340. The maximum atomic E-state index is 14.5. The van der Waals surface area contributed by atoms with Crippen molar-refractivity contribution in [2.45, 2.75) is 135 Å². The van der Waals surface area contributed by atoms with Crippen molar-refractivity contribution >= 4 is 35.3 Å². The van der Waals surface area contributed by atoms with E-state index < -0.39 is 71.0 Å². The number of carbonyl (C=O) groups is 6. The zero-order valence-corrected chi connectivity index (χ0v) is 29.5. The van der Waals surface area contributed by atoms with Gasteiger partial charge in [-0.05, 0) is 56.8 Å². The van der Waals surface area contributed by atoms with Gasteiger partial charge in [-0.25, -0.2) is 4.98 Å². The molecule has 4 rings (SSSR count). The fourth-order valence-corrected chi connectivity index (χ4v) is 6.71. The van der Waals surface area contributed by atoms with E-state index in [9.17, 15) is 28.8 Å². The Labute approximate surface area is 288 Å². The molecule has 3 fully saturated rings. The zero-order valence-electron chi connectivity index (χ0n) is 29.5. The minimum atomic E-state index is -1.08. The van der Waals surface area contributed by atoms with Crippen molar-refractivity contribution in [2.24, 2.45) is 11.3 Å². The number of rotatable bonds is 15. The van der Waals surface area contributed by atoms with Gasteiger partial charge in [-0.1, -0.05) is 53.4 Å². The number of hydrogen-bond acceptors (Lipinski definition) is 9. The Morgan fingerprint density at radius 2 is 1.65 bits per heavy atom. The third kappa shape index (κ3) is 10.1. The largest absolute Gasteiger partial charge is 0.376 e. The van der Waals surface area contributed by atoms with Crippen LogP contribution < -0.4 is 21.3 Å². The monoisotopic (exact) mass is 683 g/mol. The van der Waals surface area contributed by atoms with E-state index in [2.05, 4.69) is 31.2 Å². The average molecular weight is 684 g/mol. The van der Waals surface area contributed by atoms with E-state index >= 15 is 0 Å². The summed E-state index contributed by atoms with van der Waals surface area (Å²) in [6, 6.07) is -4.12. The Morgan fingerprint density at radius 3 is 2.24 bits per heavy atom. The number of aromatic nitrogens is 2. The first-order valence-electron chi connectivity index (χ1n) is 17.8. The number of nitrogens with zero attached hydrogens (tertiary/aromatic N) is 3. The van der Waals surface area contributed by atoms with Crippen molar-refractivity contribution in [3.63, 3.8) is 0 Å². The second kappa shape index (κ2) is 17.1. The lowest BCUT2D eigenvalue weighted by Gasteiger charge is -2.38. The molecule has 4 N–H and O–H groups in total. The molecule has 0 radical (unpaired) electrons. The van der Waals surface area contributed by atoms with Gasteiger partial charge in [0.15, 0.2) is 0 Å². The number of hydrogen-bond donors (Lipinski definition) is 4. The van der Waals surface area contributed by atoms with Crippen LogP contribution in [-0.2, 0) is 28.7 Å². The van der Waals surface area contributed by atoms with Crippen LogP contribution in [0.2, 0.25) is 0 Å². The molecule has 270 valence electrons. The molecule has 0 bridgehead atoms. The van der Waals surface area contributed by atoms with Crippen molar-refractivity contribution in [3.05, 3.63) is 24.3 Å². The number of nitrogens with one attached hydrogen (secondary N) is 4. The Kier molecular flexibility index (Phi) is 13.2. The molecule has 1 aromatic rings. The molecule has 1 saturated heterocycles. The molecule has 2 heterocycles. The molecule has 0 spiro atoms. The third-order valence-corrected chi connectivity index (χ3v) is 9.51. The van der Waals surface area contributed by atoms with Gasteiger partial charge < -0.3 is 30.9 Å². The summed E-state index contributed by atoms with van der Waals surface area (Å²) in [5, 5.41) is 11.3. The van der Waals surface area contributed by atoms with Gasteiger partial charge in [-0.3, -0.25) is 33.8 Å². The minimum Gasteiger partial charge on any atom is -0.376 e. The molecule has 1 aliphatic heterocycles. The number of ketones is 1. The maximum absolute atomic E-state index is 14.5. The molecule has 1 aromatic heterocycles. The van der Waals surface area contributed by atoms with Gasteiger partial charge in [-0.15, -0.1) is 0 Å². The first-order valence-corrected chi connectivity index (χ1v) is 17.8. The Balaban J connectivity index is 1.55. The van der Waals surface area contributed by atoms with Crippen molar-refractivity contribution in [1.82, 2.24) is 36.1 Å². The molecular formula is C35H53N7O7. The molecule has 0 unspecified atom stereocenters. The van der Waals surface area contributed by atoms with E-state index in [0.717, 1.165) is 44.9 Å². The first kappa shape index (κ1) is 37.9. The van der Waals surface area contributed by atoms with Crippen molar-refractivity contribution < 1.29 is 33.5 Å². The number of ether oxygens (including phenoxy) is 1. The van der Waals surface area contributed by atoms with Crippen LogP contribution in [0.4, 0.5) is 0 Å². The first-order chi connectivity index (χ1) is 23.3. The lowest BCUT2D eigenvalue weighted by molar-refractivity contribution is -0.147. The van der Waals surface area contributed by atoms with Crippen LogP contribution in [0.5, 0.6) is 0 Å². The molecule has 0 aromatic carbocycles. The summed E-state index contributed by atoms with van der Waals surface area (Å²) in [5.74, 6) is -3.67. The summed E-state index contributed by atoms with van der Waals surface area (Å²) >= 11 is 0. The second-order valence-electron chi connectivity index (χ2n) is 14.5. The standard InChI is InChI=1S/C35H53N7O7/c1-6-11-23(28(43)33(47)38-22-14-15-22)39-32(46)27-25(49-7-2)16-19-42(27)34(48)29(35(3,4)5)41-31(45)26(21-12-9-8-10-13-21)40-30(44)24-20-36-17-18-37-24/h17-18,20-23,25-27,29H,6-16,19H2,1-5H3,(H,38,47)(H,39,46)(H,40,44)(H,41,45)/t23-,25-,26-,27+,29-/m1/s1. The SMILES string of the molecule is CCC[C@@H](NC(=O)[C@@H]1[C@H](OCC)CCN1C(=O)[C@@H](NC(=O)[C@H](NC(=O)c1cnccn1)C1CCCCC1)C(C)(C)C)C(=O)C(=O)NC1CC1. The highest BCUT2D eigenvalue weighted by Gasteiger charge is 2.48. The average Bonchev–Trinajstić information content (AvgIpc) is 3.80. The van der Waals surface area contributed by atoms with E-state index in [-0.39, 0.29) is 30.6 Å². The molecule has 49 heavy (non-hydrogen) atoms. The lowest BCUT2D eigenvalue weighted by Crippen LogP contribution is -2.63. The predicted octanol–water partition coefficient (Wildman–Crippen LogP) is 1.82. The molecule has 14 heteroatoms. The van der Waals surface area contributed by atoms with Crippen LogP contribution in [0.15, 0.2) is 18.6 Å². The summed E-state index contributed by atoms with van der Waals surface area (Å²) in [5.41, 5.74) is -0.706. The van der Waals surface area contributed by atoms with Crippen molar-refractivity contribution in [2.75, 3.05) is 13.2 Å². The highest BCUT2D eigenvalue weighted by atomic mass is 16.5. The number of Topliss-reactive ketones (excluding diaryl/α,β-unsaturated/α-hetero) is 1. The van der Waals surface area contributed by atoms with Gasteiger partial charge in [0, 0.05) is 31.6 Å². The van der Waals surface area contributed by atoms with E-state index in [1.807, 2.05) is 27.7 Å². The van der Waals surface area contributed by atoms with Crippen LogP contribution >= 0.6 is 0 Å². The summed E-state index contributed by atoms with van der Waals surface area (Å²) in [4.78, 5) is 90.8. The number of carbonyl (C=O) groups excluding carboxylic acids is 6. The van der Waals surface area contributed by atoms with Crippen molar-refractivity contribution in [1.29, 1.82) is 0 Å². The molecular weight excluding hydrogens is 630 g/mol. The fourth-order valence-electron chi connectivity index (χ4n) is 6.71. The van der Waals surface area contributed by atoms with E-state index in [1.165, 1.54) is 23.5 Å². The van der Waals surface area contributed by atoms with E-state index in [1.54, 1.807) is 6.92 Å². The highest BCUT2D eigenvalue weighted by Crippen LogP contribution is 2.30. The predicted molar refractivity (Wildman–Crippen MR) is 180 cm³/mol. The van der Waals surface area contributed by atoms with Crippen LogP contribution in [0.1, 0.15) is 109 Å². The number of likely N-dealkylation sites (tertiary alicyclic amines) is 1. The smallest absolute Gasteiger partial charge is 0.289 e. The van der Waals surface area contributed by atoms with Crippen LogP contribution in [0.3, 0.4) is 0 Å². The molecule has 3 aliphatic rings. The van der Waals surface area contributed by atoms with E-state index in [0.29, 0.717) is 19.4 Å². The van der Waals surface area contributed by atoms with E-state index in [4.69, 9.17) is 4.74 Å². The maximum Gasteiger partial charge on any atom is 0.289 e. The molecule has 2 aliphatic carbocycles. The van der Waals surface area contributed by atoms with Crippen LogP contribution in [-0.4, -0.2) is 99.7 Å². The highest BCUT2D eigenvalue weighted by molar-refractivity contribution is 6.38. The molecule has 5 atom stereocenters. The van der Waals surface area contributed by atoms with Gasteiger partial charge in [0.2, 0.25) is 23.5 Å². The Hall–Kier alpha value is -3.94. The topological polar surface area (TPSA) is 189 Å². The Morgan fingerprint density at radius 1 is 0.939 bits per heavy atom. The third-order valence-electron chi connectivity index (χ3n) is 9.51. The van der Waals surface area contributed by atoms with Gasteiger partial charge >= 0.3 is 0 Å². The number of amides is 5. The van der Waals surface area contributed by atoms with Gasteiger partial charge in [0.05, 0.1) is 18.3 Å². The zero-order chi connectivity index (χ0) is 35.7. The quantitative estimate of drug-likeness (QED) is 0.200. The summed E-state index contributed by atoms with van der Waals surface area (Å²) in [6.45, 7) is 9.60. The summed E-state index contributed by atoms with van der Waals surface area (Å²) in [7, 11) is 0. The van der Waals surface area contributed by atoms with Crippen molar-refractivity contribution in [3.8, 4) is 0 Å². The van der Waals surface area contributed by atoms with Gasteiger partial charge in [0.25, 0.3) is 11.8 Å². The molecule has 2 saturated carbocycles. The van der Waals surface area contributed by atoms with Crippen LogP contribution in [0, 0.1) is 11.3 Å². The fraction of sp³-hybridized carbons (Fsp3) is 0.714. The van der Waals surface area contributed by atoms with Gasteiger partial charge in [0.1, 0.15) is 23.8 Å².